The summed E-state index contributed by atoms with van der Waals surface area (Å²) in [5.74, 6) is -0.938. The van der Waals surface area contributed by atoms with E-state index in [0.717, 1.165) is 4.47 Å². The lowest BCUT2D eigenvalue weighted by atomic mass is 9.90. The number of carbonyl (C=O) groups excluding carboxylic acids is 1. The van der Waals surface area contributed by atoms with Gasteiger partial charge >= 0.3 is 5.97 Å². The maximum atomic E-state index is 12.4. The molecule has 1 aliphatic heterocycles. The molecule has 0 spiro atoms. The Hall–Kier alpha value is -1.30. The molecule has 1 aliphatic rings. The summed E-state index contributed by atoms with van der Waals surface area (Å²) >= 11 is 3.36. The molecule has 1 N–H and O–H groups in total. The molecule has 0 aromatic carbocycles. The highest BCUT2D eigenvalue weighted by Gasteiger charge is 2.42. The first-order chi connectivity index (χ1) is 8.87. The molecule has 0 radical (unpaired) electrons. The van der Waals surface area contributed by atoms with Gasteiger partial charge in [0, 0.05) is 30.3 Å². The second-order valence-electron chi connectivity index (χ2n) is 5.17. The summed E-state index contributed by atoms with van der Waals surface area (Å²) in [6.45, 7) is 5.13. The Bertz CT molecular complexity index is 526. The van der Waals surface area contributed by atoms with Crippen molar-refractivity contribution in [2.24, 2.45) is 5.41 Å². The maximum Gasteiger partial charge on any atom is 0.311 e. The van der Waals surface area contributed by atoms with E-state index in [1.54, 1.807) is 17.9 Å². The van der Waals surface area contributed by atoms with E-state index in [1.165, 1.54) is 0 Å². The van der Waals surface area contributed by atoms with Gasteiger partial charge in [0.2, 0.25) is 0 Å². The van der Waals surface area contributed by atoms with Crippen LogP contribution in [0.5, 0.6) is 0 Å². The highest BCUT2D eigenvalue weighted by atomic mass is 79.9. The molecule has 6 heteroatoms. The Morgan fingerprint density at radius 1 is 1.53 bits per heavy atom. The number of likely N-dealkylation sites (tertiary alicyclic amines) is 1. The SMILES string of the molecule is CCn1cc(Br)cc1C(=O)N1CCC(C)(C(=O)O)C1. The highest BCUT2D eigenvalue weighted by Crippen LogP contribution is 2.31. The van der Waals surface area contributed by atoms with Gasteiger partial charge in [-0.2, -0.15) is 0 Å². The molecule has 19 heavy (non-hydrogen) atoms. The van der Waals surface area contributed by atoms with E-state index in [0.29, 0.717) is 25.2 Å². The fraction of sp³-hybridized carbons (Fsp3) is 0.538. The Morgan fingerprint density at radius 2 is 2.21 bits per heavy atom. The topological polar surface area (TPSA) is 62.5 Å². The molecule has 0 aliphatic carbocycles. The predicted octanol–water partition coefficient (Wildman–Crippen LogP) is 2.21. The third-order valence-corrected chi connectivity index (χ3v) is 4.13. The van der Waals surface area contributed by atoms with E-state index in [4.69, 9.17) is 0 Å². The van der Waals surface area contributed by atoms with Crippen molar-refractivity contribution in [2.75, 3.05) is 13.1 Å². The fourth-order valence-corrected chi connectivity index (χ4v) is 2.85. The van der Waals surface area contributed by atoms with Gasteiger partial charge in [0.25, 0.3) is 5.91 Å². The van der Waals surface area contributed by atoms with Gasteiger partial charge < -0.3 is 14.6 Å². The minimum Gasteiger partial charge on any atom is -0.481 e. The molecule has 0 bridgehead atoms. The number of hydrogen-bond donors (Lipinski definition) is 1. The normalized spacial score (nSPS) is 22.8. The van der Waals surface area contributed by atoms with Crippen molar-refractivity contribution in [2.45, 2.75) is 26.8 Å². The third kappa shape index (κ3) is 2.54. The van der Waals surface area contributed by atoms with Crippen LogP contribution in [0.25, 0.3) is 0 Å². The Kier molecular flexibility index (Phi) is 3.71. The standard InChI is InChI=1S/C13H17BrN2O3/c1-3-15-7-9(14)6-10(15)11(17)16-5-4-13(2,8-16)12(18)19/h6-7H,3-5,8H2,1-2H3,(H,18,19). The lowest BCUT2D eigenvalue weighted by molar-refractivity contribution is -0.147. The van der Waals surface area contributed by atoms with Crippen molar-refractivity contribution in [3.8, 4) is 0 Å². The molecule has 1 amide bonds. The smallest absolute Gasteiger partial charge is 0.311 e. The average Bonchev–Trinajstić information content (AvgIpc) is 2.93. The number of nitrogens with zero attached hydrogens (tertiary/aromatic N) is 2. The molecule has 1 atom stereocenters. The minimum atomic E-state index is -0.838. The van der Waals surface area contributed by atoms with Crippen LogP contribution in [-0.4, -0.2) is 39.5 Å². The molecule has 1 saturated heterocycles. The second-order valence-corrected chi connectivity index (χ2v) is 6.09. The van der Waals surface area contributed by atoms with Crippen LogP contribution >= 0.6 is 15.9 Å². The lowest BCUT2D eigenvalue weighted by Crippen LogP contribution is -2.35. The van der Waals surface area contributed by atoms with Crippen molar-refractivity contribution in [1.82, 2.24) is 9.47 Å². The van der Waals surface area contributed by atoms with E-state index in [-0.39, 0.29) is 12.5 Å². The first kappa shape index (κ1) is 14.1. The van der Waals surface area contributed by atoms with Crippen molar-refractivity contribution in [3.05, 3.63) is 22.4 Å². The monoisotopic (exact) mass is 328 g/mol. The largest absolute Gasteiger partial charge is 0.481 e. The summed E-state index contributed by atoms with van der Waals surface area (Å²) in [7, 11) is 0. The number of aryl methyl sites for hydroxylation is 1. The van der Waals surface area contributed by atoms with Crippen molar-refractivity contribution < 1.29 is 14.7 Å². The van der Waals surface area contributed by atoms with E-state index < -0.39 is 11.4 Å². The Morgan fingerprint density at radius 3 is 2.74 bits per heavy atom. The molecule has 2 heterocycles. The number of carbonyl (C=O) groups is 2. The van der Waals surface area contributed by atoms with Crippen LogP contribution in [0.1, 0.15) is 30.8 Å². The van der Waals surface area contributed by atoms with Gasteiger partial charge in [0.15, 0.2) is 0 Å². The third-order valence-electron chi connectivity index (χ3n) is 3.70. The summed E-state index contributed by atoms with van der Waals surface area (Å²) in [5, 5.41) is 9.20. The molecule has 1 unspecified atom stereocenters. The molecule has 1 aromatic heterocycles. The molecule has 2 rings (SSSR count). The Labute approximate surface area is 120 Å². The number of halogens is 1. The predicted molar refractivity (Wildman–Crippen MR) is 74.1 cm³/mol. The number of aliphatic carboxylic acids is 1. The van der Waals surface area contributed by atoms with Gasteiger partial charge in [-0.1, -0.05) is 0 Å². The van der Waals surface area contributed by atoms with Crippen LogP contribution < -0.4 is 0 Å². The zero-order valence-electron chi connectivity index (χ0n) is 11.0. The fourth-order valence-electron chi connectivity index (χ4n) is 2.39. The summed E-state index contributed by atoms with van der Waals surface area (Å²) < 4.78 is 2.72. The molecule has 1 aromatic rings. The van der Waals surface area contributed by atoms with Gasteiger partial charge in [-0.15, -0.1) is 0 Å². The van der Waals surface area contributed by atoms with E-state index >= 15 is 0 Å². The van der Waals surface area contributed by atoms with Crippen LogP contribution in [-0.2, 0) is 11.3 Å². The first-order valence-electron chi connectivity index (χ1n) is 6.26. The molecule has 1 fully saturated rings. The minimum absolute atomic E-state index is 0.0995. The van der Waals surface area contributed by atoms with Gasteiger partial charge in [-0.3, -0.25) is 9.59 Å². The van der Waals surface area contributed by atoms with Crippen LogP contribution in [0.2, 0.25) is 0 Å². The van der Waals surface area contributed by atoms with Gasteiger partial charge in [-0.25, -0.2) is 0 Å². The first-order valence-corrected chi connectivity index (χ1v) is 7.05. The zero-order chi connectivity index (χ0) is 14.2. The van der Waals surface area contributed by atoms with Crippen LogP contribution in [0.4, 0.5) is 0 Å². The summed E-state index contributed by atoms with van der Waals surface area (Å²) in [5.41, 5.74) is -0.222. The lowest BCUT2D eigenvalue weighted by Gasteiger charge is -2.20. The summed E-state index contributed by atoms with van der Waals surface area (Å²) in [4.78, 5) is 25.3. The summed E-state index contributed by atoms with van der Waals surface area (Å²) in [6, 6.07) is 1.78. The molecule has 5 nitrogen and oxygen atoms in total. The zero-order valence-corrected chi connectivity index (χ0v) is 12.6. The number of amides is 1. The maximum absolute atomic E-state index is 12.4. The molecule has 104 valence electrons. The van der Waals surface area contributed by atoms with Crippen LogP contribution in [0.15, 0.2) is 16.7 Å². The number of carboxylic acids is 1. The molecular weight excluding hydrogens is 312 g/mol. The molecule has 0 saturated carbocycles. The van der Waals surface area contributed by atoms with Gasteiger partial charge in [0.1, 0.15) is 5.69 Å². The second kappa shape index (κ2) is 5.00. The van der Waals surface area contributed by atoms with Crippen LogP contribution in [0.3, 0.4) is 0 Å². The average molecular weight is 329 g/mol. The number of rotatable bonds is 3. The van der Waals surface area contributed by atoms with E-state index in [1.807, 2.05) is 17.7 Å². The number of hydrogen-bond acceptors (Lipinski definition) is 2. The van der Waals surface area contributed by atoms with Crippen LogP contribution in [0, 0.1) is 5.41 Å². The quantitative estimate of drug-likeness (QED) is 0.925. The van der Waals surface area contributed by atoms with E-state index in [9.17, 15) is 14.7 Å². The van der Waals surface area contributed by atoms with Gasteiger partial charge in [0.05, 0.1) is 5.41 Å². The summed E-state index contributed by atoms with van der Waals surface area (Å²) in [6.07, 6.45) is 2.36. The van der Waals surface area contributed by atoms with E-state index in [2.05, 4.69) is 15.9 Å². The highest BCUT2D eigenvalue weighted by molar-refractivity contribution is 9.10. The Balaban J connectivity index is 2.20. The number of aromatic nitrogens is 1. The number of carboxylic acid groups (broad SMARTS) is 1. The van der Waals surface area contributed by atoms with Crippen molar-refractivity contribution in [1.29, 1.82) is 0 Å². The molecular formula is C13H17BrN2O3. The van der Waals surface area contributed by atoms with Crippen molar-refractivity contribution in [3.63, 3.8) is 0 Å². The van der Waals surface area contributed by atoms with Crippen molar-refractivity contribution >= 4 is 27.8 Å². The van der Waals surface area contributed by atoms with Gasteiger partial charge in [-0.05, 0) is 42.3 Å².